The summed E-state index contributed by atoms with van der Waals surface area (Å²) in [7, 11) is 2.01. The molecule has 36 heavy (non-hydrogen) atoms. The number of amides is 1. The summed E-state index contributed by atoms with van der Waals surface area (Å²) in [5.41, 5.74) is -1.37. The second kappa shape index (κ2) is 8.86. The largest absolute Gasteiger partial charge is 0.381 e. The van der Waals surface area contributed by atoms with Gasteiger partial charge in [-0.2, -0.15) is 0 Å². The van der Waals surface area contributed by atoms with E-state index in [2.05, 4.69) is 15.5 Å². The van der Waals surface area contributed by atoms with Gasteiger partial charge in [0.15, 0.2) is 0 Å². The number of aromatic nitrogens is 1. The van der Waals surface area contributed by atoms with Crippen LogP contribution in [0.2, 0.25) is 0 Å². The van der Waals surface area contributed by atoms with Crippen molar-refractivity contribution in [3.05, 3.63) is 63.3 Å². The molecule has 3 aliphatic rings. The van der Waals surface area contributed by atoms with Gasteiger partial charge in [0.25, 0.3) is 23.8 Å². The zero-order valence-electron chi connectivity index (χ0n) is 19.8. The van der Waals surface area contributed by atoms with Gasteiger partial charge in [-0.05, 0) is 32.2 Å². The molecule has 1 aromatic carbocycles. The first-order chi connectivity index (χ1) is 17.0. The number of alkyl halides is 4. The van der Waals surface area contributed by atoms with Crippen LogP contribution in [-0.4, -0.2) is 47.5 Å². The van der Waals surface area contributed by atoms with Crippen molar-refractivity contribution in [3.8, 4) is 0 Å². The van der Waals surface area contributed by atoms with Crippen molar-refractivity contribution in [1.29, 1.82) is 0 Å². The number of piperidine rings is 1. The maximum atomic E-state index is 14.6. The normalized spacial score (nSPS) is 27.3. The molecule has 0 bridgehead atoms. The van der Waals surface area contributed by atoms with Crippen LogP contribution in [0, 0.1) is 17.7 Å². The molecule has 1 aliphatic heterocycles. The van der Waals surface area contributed by atoms with Crippen LogP contribution in [-0.2, 0) is 0 Å². The third kappa shape index (κ3) is 4.27. The quantitative estimate of drug-likeness (QED) is 0.544. The number of benzene rings is 1. The van der Waals surface area contributed by atoms with E-state index in [0.29, 0.717) is 11.8 Å². The predicted molar refractivity (Wildman–Crippen MR) is 123 cm³/mol. The SMILES string of the molecule is C[C@@H](NC(=O)c1cn([C@@H]2CCC2(F)F)c(=O)cc1NC1[C@H]2CN(C)C[C@@H]12)c1cccc(C(F)F)c1F. The van der Waals surface area contributed by atoms with Crippen LogP contribution >= 0.6 is 0 Å². The first-order valence-corrected chi connectivity index (χ1v) is 11.9. The lowest BCUT2D eigenvalue weighted by atomic mass is 9.87. The van der Waals surface area contributed by atoms with Crippen LogP contribution in [0.15, 0.2) is 35.3 Å². The van der Waals surface area contributed by atoms with E-state index in [1.807, 2.05) is 7.05 Å². The molecule has 1 saturated heterocycles. The molecule has 2 aromatic rings. The minimum atomic E-state index is -3.06. The first kappa shape index (κ1) is 24.7. The summed E-state index contributed by atoms with van der Waals surface area (Å²) in [5, 5.41) is 5.82. The fraction of sp³-hybridized carbons (Fsp3) is 0.520. The van der Waals surface area contributed by atoms with Crippen LogP contribution in [0.4, 0.5) is 27.6 Å². The number of halogens is 5. The van der Waals surface area contributed by atoms with E-state index in [1.165, 1.54) is 19.1 Å². The number of hydrogen-bond donors (Lipinski definition) is 2. The Bertz CT molecular complexity index is 1240. The molecule has 0 spiro atoms. The molecule has 0 radical (unpaired) electrons. The fourth-order valence-electron chi connectivity index (χ4n) is 5.48. The smallest absolute Gasteiger partial charge is 0.268 e. The van der Waals surface area contributed by atoms with E-state index in [4.69, 9.17) is 0 Å². The van der Waals surface area contributed by atoms with Gasteiger partial charge in [0.2, 0.25) is 0 Å². The van der Waals surface area contributed by atoms with Crippen molar-refractivity contribution in [2.24, 2.45) is 11.8 Å². The molecule has 1 unspecified atom stereocenters. The number of nitrogens with zero attached hydrogens (tertiary/aromatic N) is 2. The maximum absolute atomic E-state index is 14.6. The lowest BCUT2D eigenvalue weighted by Crippen LogP contribution is -2.45. The summed E-state index contributed by atoms with van der Waals surface area (Å²) in [6.07, 6.45) is -2.14. The molecule has 2 heterocycles. The van der Waals surface area contributed by atoms with Crippen LogP contribution in [0.3, 0.4) is 0 Å². The van der Waals surface area contributed by atoms with Gasteiger partial charge in [0.05, 0.1) is 22.9 Å². The average molecular weight is 511 g/mol. The fourth-order valence-corrected chi connectivity index (χ4v) is 5.48. The van der Waals surface area contributed by atoms with Gasteiger partial charge >= 0.3 is 0 Å². The Morgan fingerprint density at radius 3 is 2.42 bits per heavy atom. The number of carbonyl (C=O) groups excluding carboxylic acids is 1. The summed E-state index contributed by atoms with van der Waals surface area (Å²) < 4.78 is 70.0. The zero-order chi connectivity index (χ0) is 25.9. The van der Waals surface area contributed by atoms with E-state index in [-0.39, 0.29) is 35.7 Å². The number of pyridine rings is 1. The van der Waals surface area contributed by atoms with Gasteiger partial charge in [0.1, 0.15) is 11.9 Å². The Morgan fingerprint density at radius 2 is 1.83 bits per heavy atom. The van der Waals surface area contributed by atoms with Crippen molar-refractivity contribution in [3.63, 3.8) is 0 Å². The highest BCUT2D eigenvalue weighted by atomic mass is 19.3. The summed E-state index contributed by atoms with van der Waals surface area (Å²) >= 11 is 0. The topological polar surface area (TPSA) is 66.4 Å². The molecule has 194 valence electrons. The Balaban J connectivity index is 1.44. The summed E-state index contributed by atoms with van der Waals surface area (Å²) in [5.74, 6) is -4.20. The van der Waals surface area contributed by atoms with Crippen molar-refractivity contribution in [2.75, 3.05) is 25.5 Å². The Hall–Kier alpha value is -2.95. The van der Waals surface area contributed by atoms with E-state index in [0.717, 1.165) is 36.0 Å². The third-order valence-corrected chi connectivity index (χ3v) is 7.71. The summed E-state index contributed by atoms with van der Waals surface area (Å²) in [4.78, 5) is 28.2. The molecule has 1 aromatic heterocycles. The standard InChI is InChI=1S/C25H27F5N4O2/c1-12(13-4-3-5-14(21(13)26)23(27)28)31-24(36)17-11-34(19-6-7-25(19,29)30)20(35)8-18(17)32-22-15-9-33(2)10-16(15)22/h3-5,8,11-12,15-16,19,22-23,32H,6-7,9-10H2,1-2H3,(H,31,36)/t12-,15-,16+,19-,22?/m1/s1. The molecular weight excluding hydrogens is 483 g/mol. The molecule has 2 aliphatic carbocycles. The lowest BCUT2D eigenvalue weighted by molar-refractivity contribution is -0.123. The van der Waals surface area contributed by atoms with Gasteiger partial charge in [-0.15, -0.1) is 0 Å². The van der Waals surface area contributed by atoms with Crippen molar-refractivity contribution < 1.29 is 26.7 Å². The zero-order valence-corrected chi connectivity index (χ0v) is 19.8. The molecule has 6 nitrogen and oxygen atoms in total. The van der Waals surface area contributed by atoms with Crippen LogP contribution in [0.25, 0.3) is 0 Å². The van der Waals surface area contributed by atoms with Gasteiger partial charge in [-0.1, -0.05) is 18.2 Å². The molecule has 1 amide bonds. The molecule has 3 fully saturated rings. The number of rotatable bonds is 7. The van der Waals surface area contributed by atoms with E-state index < -0.39 is 47.3 Å². The van der Waals surface area contributed by atoms with Gasteiger partial charge in [-0.25, -0.2) is 22.0 Å². The minimum absolute atomic E-state index is 0.0344. The van der Waals surface area contributed by atoms with Crippen LogP contribution in [0.5, 0.6) is 0 Å². The number of hydrogen-bond acceptors (Lipinski definition) is 4. The molecule has 2 saturated carbocycles. The van der Waals surface area contributed by atoms with E-state index >= 15 is 0 Å². The van der Waals surface area contributed by atoms with E-state index in [9.17, 15) is 31.5 Å². The summed E-state index contributed by atoms with van der Waals surface area (Å²) in [6, 6.07) is 2.40. The number of likely N-dealkylation sites (tertiary alicyclic amines) is 1. The molecule has 5 atom stereocenters. The highest BCUT2D eigenvalue weighted by Crippen LogP contribution is 2.48. The van der Waals surface area contributed by atoms with Gasteiger partial charge < -0.3 is 20.1 Å². The highest BCUT2D eigenvalue weighted by Gasteiger charge is 2.55. The molecule has 5 rings (SSSR count). The monoisotopic (exact) mass is 510 g/mol. The van der Waals surface area contributed by atoms with Crippen LogP contribution in [0.1, 0.15) is 59.8 Å². The van der Waals surface area contributed by atoms with Crippen molar-refractivity contribution >= 4 is 11.6 Å². The number of fused-ring (bicyclic) bond motifs is 1. The van der Waals surface area contributed by atoms with Crippen LogP contribution < -0.4 is 16.2 Å². The van der Waals surface area contributed by atoms with Crippen molar-refractivity contribution in [1.82, 2.24) is 14.8 Å². The number of carbonyl (C=O) groups is 1. The maximum Gasteiger partial charge on any atom is 0.268 e. The van der Waals surface area contributed by atoms with Gasteiger partial charge in [-0.3, -0.25) is 9.59 Å². The highest BCUT2D eigenvalue weighted by molar-refractivity contribution is 5.99. The second-order valence-corrected chi connectivity index (χ2v) is 10.1. The second-order valence-electron chi connectivity index (χ2n) is 10.1. The Kier molecular flexibility index (Phi) is 6.09. The van der Waals surface area contributed by atoms with Crippen molar-refractivity contribution in [2.45, 2.75) is 50.2 Å². The molecule has 2 N–H and O–H groups in total. The number of nitrogens with one attached hydrogen (secondary N) is 2. The van der Waals surface area contributed by atoms with Gasteiger partial charge in [0, 0.05) is 43.4 Å². The molecule has 11 heteroatoms. The molecular formula is C25H27F5N4O2. The third-order valence-electron chi connectivity index (χ3n) is 7.71. The average Bonchev–Trinajstić information content (AvgIpc) is 3.24. The minimum Gasteiger partial charge on any atom is -0.381 e. The lowest BCUT2D eigenvalue weighted by Gasteiger charge is -2.37. The Morgan fingerprint density at radius 1 is 1.17 bits per heavy atom. The Labute approximate surface area is 204 Å². The van der Waals surface area contributed by atoms with E-state index in [1.54, 1.807) is 0 Å². The summed E-state index contributed by atoms with van der Waals surface area (Å²) in [6.45, 7) is 3.17. The first-order valence-electron chi connectivity index (χ1n) is 11.9. The predicted octanol–water partition coefficient (Wildman–Crippen LogP) is 4.36. The number of anilines is 1.